The second kappa shape index (κ2) is 6.01. The zero-order chi connectivity index (χ0) is 14.8. The van der Waals surface area contributed by atoms with Gasteiger partial charge in [-0.1, -0.05) is 22.0 Å². The van der Waals surface area contributed by atoms with E-state index in [4.69, 9.17) is 18.6 Å². The first kappa shape index (κ1) is 15.1. The number of benzene rings is 1. The number of halogens is 2. The molecule has 2 heterocycles. The van der Waals surface area contributed by atoms with Crippen LogP contribution in [0.15, 0.2) is 59.3 Å². The van der Waals surface area contributed by atoms with Gasteiger partial charge in [0.1, 0.15) is 0 Å². The highest BCUT2D eigenvalue weighted by Gasteiger charge is 2.05. The Morgan fingerprint density at radius 1 is 0.950 bits per heavy atom. The van der Waals surface area contributed by atoms with E-state index in [1.807, 2.05) is 6.07 Å². The number of aromatic nitrogens is 1. The number of fused-ring (bicyclic) bond motifs is 2. The summed E-state index contributed by atoms with van der Waals surface area (Å²) in [7, 11) is -4.94. The minimum atomic E-state index is -4.94. The smallest absolute Gasteiger partial charge is 0.211 e. The fourth-order valence-corrected chi connectivity index (χ4v) is 2.32. The Morgan fingerprint density at radius 3 is 2.35 bits per heavy atom. The van der Waals surface area contributed by atoms with Gasteiger partial charge in [0.2, 0.25) is 5.52 Å². The van der Waals surface area contributed by atoms with Crippen molar-refractivity contribution in [3.05, 3.63) is 59.3 Å². The van der Waals surface area contributed by atoms with Gasteiger partial charge in [-0.25, -0.2) is 18.6 Å². The van der Waals surface area contributed by atoms with E-state index in [0.717, 1.165) is 4.47 Å². The van der Waals surface area contributed by atoms with Gasteiger partial charge >= 0.3 is 0 Å². The molecule has 2 aromatic heterocycles. The molecule has 0 radical (unpaired) electrons. The monoisotopic (exact) mass is 357 g/mol. The van der Waals surface area contributed by atoms with Crippen LogP contribution >= 0.6 is 15.9 Å². The van der Waals surface area contributed by atoms with E-state index < -0.39 is 10.2 Å². The maximum Gasteiger partial charge on any atom is 0.211 e. The van der Waals surface area contributed by atoms with Gasteiger partial charge in [0.25, 0.3) is 0 Å². The predicted molar refractivity (Wildman–Crippen MR) is 64.8 cm³/mol. The Balaban J connectivity index is 0.000000257. The van der Waals surface area contributed by atoms with Crippen LogP contribution in [-0.2, 0) is 0 Å². The summed E-state index contributed by atoms with van der Waals surface area (Å²) in [5.41, 5.74) is 1.21. The van der Waals surface area contributed by atoms with Crippen LogP contribution in [0.1, 0.15) is 0 Å². The van der Waals surface area contributed by atoms with Crippen molar-refractivity contribution < 1.29 is 33.3 Å². The van der Waals surface area contributed by atoms with Crippen LogP contribution in [0, 0.1) is 10.2 Å². The van der Waals surface area contributed by atoms with Crippen molar-refractivity contribution in [3.8, 4) is 0 Å². The zero-order valence-corrected chi connectivity index (χ0v) is 12.4. The summed E-state index contributed by atoms with van der Waals surface area (Å²) < 4.78 is 37.3. The fourth-order valence-electron chi connectivity index (χ4n) is 1.83. The van der Waals surface area contributed by atoms with E-state index >= 15 is 0 Å². The van der Waals surface area contributed by atoms with Gasteiger partial charge in [0.15, 0.2) is 12.4 Å². The van der Waals surface area contributed by atoms with Crippen molar-refractivity contribution in [1.82, 2.24) is 0 Å². The van der Waals surface area contributed by atoms with Crippen molar-refractivity contribution in [2.24, 2.45) is 0 Å². The number of nitrogens with zero attached hydrogens (tertiary/aromatic N) is 1. The van der Waals surface area contributed by atoms with E-state index in [-0.39, 0.29) is 0 Å². The van der Waals surface area contributed by atoms with Crippen molar-refractivity contribution >= 4 is 32.2 Å². The molecule has 104 valence electrons. The maximum atomic E-state index is 8.49. The lowest BCUT2D eigenvalue weighted by Crippen LogP contribution is -2.68. The molecule has 0 saturated carbocycles. The molecular formula is C13H9BrClNO4. The molecule has 3 rings (SSSR count). The Labute approximate surface area is 125 Å². The quantitative estimate of drug-likeness (QED) is 0.364. The minimum Gasteiger partial charge on any atom is -0.222 e. The van der Waals surface area contributed by atoms with E-state index in [1.54, 1.807) is 0 Å². The van der Waals surface area contributed by atoms with Gasteiger partial charge < -0.3 is 0 Å². The van der Waals surface area contributed by atoms with E-state index in [1.165, 1.54) is 16.3 Å². The highest BCUT2D eigenvalue weighted by atomic mass is 79.9. The molecule has 0 atom stereocenters. The van der Waals surface area contributed by atoms with Crippen LogP contribution in [0.2, 0.25) is 0 Å². The molecule has 0 bridgehead atoms. The van der Waals surface area contributed by atoms with Crippen LogP contribution in [0.25, 0.3) is 16.3 Å². The second-order valence-corrected chi connectivity index (χ2v) is 5.54. The van der Waals surface area contributed by atoms with Crippen LogP contribution < -0.4 is 23.0 Å². The molecule has 3 aromatic rings. The summed E-state index contributed by atoms with van der Waals surface area (Å²) in [6, 6.07) is 14.6. The Kier molecular flexibility index (Phi) is 4.54. The van der Waals surface area contributed by atoms with Gasteiger partial charge in [-0.3, -0.25) is 0 Å². The van der Waals surface area contributed by atoms with Gasteiger partial charge in [-0.2, -0.15) is 4.40 Å². The molecule has 20 heavy (non-hydrogen) atoms. The van der Waals surface area contributed by atoms with Crippen LogP contribution in [0.3, 0.4) is 0 Å². The van der Waals surface area contributed by atoms with Gasteiger partial charge in [0, 0.05) is 33.4 Å². The minimum absolute atomic E-state index is 1.14. The lowest BCUT2D eigenvalue weighted by Gasteiger charge is -2.17. The predicted octanol–water partition coefficient (Wildman–Crippen LogP) is -1.42. The summed E-state index contributed by atoms with van der Waals surface area (Å²) in [5, 5.41) is 2.50. The summed E-state index contributed by atoms with van der Waals surface area (Å²) in [4.78, 5) is 0. The van der Waals surface area contributed by atoms with Gasteiger partial charge in [-0.05, 0) is 18.2 Å². The molecule has 7 heteroatoms. The zero-order valence-electron chi connectivity index (χ0n) is 10.0. The maximum absolute atomic E-state index is 8.49. The molecule has 0 amide bonds. The Hall–Kier alpha value is -1.28. The normalized spacial score (nSPS) is 11.2. The topological polar surface area (TPSA) is 96.3 Å². The molecule has 0 unspecified atom stereocenters. The Bertz CT molecular complexity index is 739. The molecule has 0 aliphatic rings. The second-order valence-electron chi connectivity index (χ2n) is 3.93. The largest absolute Gasteiger partial charge is 0.222 e. The first-order valence-electron chi connectivity index (χ1n) is 5.44. The average molecular weight is 359 g/mol. The third-order valence-corrected chi connectivity index (χ3v) is 3.27. The van der Waals surface area contributed by atoms with Crippen LogP contribution in [0.4, 0.5) is 0 Å². The average Bonchev–Trinajstić information content (AvgIpc) is 2.35. The SMILES string of the molecule is Brc1cccc2c[n+]3ccccc3cc12.[O-][Cl+3]([O-])([O-])[O-]. The van der Waals surface area contributed by atoms with Crippen molar-refractivity contribution in [1.29, 1.82) is 0 Å². The molecule has 0 saturated heterocycles. The van der Waals surface area contributed by atoms with Crippen LogP contribution in [0.5, 0.6) is 0 Å². The number of hydrogen-bond acceptors (Lipinski definition) is 4. The van der Waals surface area contributed by atoms with Crippen LogP contribution in [-0.4, -0.2) is 0 Å². The fraction of sp³-hybridized carbons (Fsp3) is 0. The molecule has 0 spiro atoms. The number of hydrogen-bond donors (Lipinski definition) is 0. The first-order valence-corrected chi connectivity index (χ1v) is 7.47. The van der Waals surface area contributed by atoms with Gasteiger partial charge in [-0.15, -0.1) is 10.2 Å². The highest BCUT2D eigenvalue weighted by molar-refractivity contribution is 9.10. The standard InChI is InChI=1S/C13H9BrN.ClHO4/c14-13-6-3-4-10-9-15-7-2-1-5-11(15)8-12(10)13;2-1(3,4)5/h1-9H;(H,2,3,4,5)/q+1;/p-1. The molecule has 1 aromatic carbocycles. The molecular weight excluding hydrogens is 350 g/mol. The molecule has 0 N–H and O–H groups in total. The number of pyridine rings is 2. The first-order chi connectivity index (χ1) is 9.34. The third kappa shape index (κ3) is 4.11. The highest BCUT2D eigenvalue weighted by Crippen LogP contribution is 2.23. The summed E-state index contributed by atoms with van der Waals surface area (Å²) in [6.45, 7) is 0. The molecule has 5 nitrogen and oxygen atoms in total. The van der Waals surface area contributed by atoms with Crippen molar-refractivity contribution in [2.75, 3.05) is 0 Å². The lowest BCUT2D eigenvalue weighted by atomic mass is 10.1. The molecule has 0 aliphatic carbocycles. The third-order valence-electron chi connectivity index (χ3n) is 2.58. The number of rotatable bonds is 0. The van der Waals surface area contributed by atoms with Gasteiger partial charge in [0.05, 0.1) is 0 Å². The van der Waals surface area contributed by atoms with E-state index in [2.05, 4.69) is 69.1 Å². The summed E-state index contributed by atoms with van der Waals surface area (Å²) >= 11 is 3.57. The summed E-state index contributed by atoms with van der Waals surface area (Å²) in [6.07, 6.45) is 4.21. The molecule has 0 aliphatic heterocycles. The Morgan fingerprint density at radius 2 is 1.65 bits per heavy atom. The molecule has 0 fully saturated rings. The summed E-state index contributed by atoms with van der Waals surface area (Å²) in [5.74, 6) is 0. The lowest BCUT2D eigenvalue weighted by molar-refractivity contribution is -2.00. The van der Waals surface area contributed by atoms with Crippen molar-refractivity contribution in [3.63, 3.8) is 0 Å². The van der Waals surface area contributed by atoms with E-state index in [0.29, 0.717) is 0 Å². The van der Waals surface area contributed by atoms with E-state index in [9.17, 15) is 0 Å². The van der Waals surface area contributed by atoms with Crippen molar-refractivity contribution in [2.45, 2.75) is 0 Å².